The number of amides is 1. The number of aryl methyl sites for hydroxylation is 1. The highest BCUT2D eigenvalue weighted by atomic mass is 31.0. The van der Waals surface area contributed by atoms with Crippen molar-refractivity contribution in [3.05, 3.63) is 59.5 Å². The van der Waals surface area contributed by atoms with Crippen molar-refractivity contribution in [3.8, 4) is 11.1 Å². The Hall–Kier alpha value is -2.72. The monoisotopic (exact) mass is 475 g/mol. The van der Waals surface area contributed by atoms with Gasteiger partial charge in [-0.25, -0.2) is 4.98 Å². The first-order chi connectivity index (χ1) is 16.2. The smallest absolute Gasteiger partial charge is 0.259 e. The van der Waals surface area contributed by atoms with Gasteiger partial charge in [-0.05, 0) is 50.3 Å². The highest BCUT2D eigenvalue weighted by molar-refractivity contribution is 7.19. The number of anilines is 2. The summed E-state index contributed by atoms with van der Waals surface area (Å²) in [6.07, 6.45) is 6.69. The molecule has 3 atom stereocenters. The molecular weight excluding hydrogens is 441 g/mol. The van der Waals surface area contributed by atoms with Crippen molar-refractivity contribution in [1.82, 2.24) is 14.8 Å². The number of carbonyl (C=O) groups is 1. The highest BCUT2D eigenvalue weighted by Crippen LogP contribution is 2.41. The van der Waals surface area contributed by atoms with Crippen molar-refractivity contribution in [2.75, 3.05) is 23.3 Å². The molecule has 0 saturated carbocycles. The van der Waals surface area contributed by atoms with Crippen LogP contribution in [0.4, 0.5) is 11.5 Å². The normalized spacial score (nSPS) is 22.6. The number of carbonyl (C=O) groups excluding carboxylic acids is 1. The predicted molar refractivity (Wildman–Crippen MR) is 142 cm³/mol. The molecule has 5 rings (SSSR count). The van der Waals surface area contributed by atoms with Gasteiger partial charge in [0, 0.05) is 48.2 Å². The molecule has 0 aliphatic carbocycles. The maximum absolute atomic E-state index is 13.8. The van der Waals surface area contributed by atoms with Gasteiger partial charge in [0.15, 0.2) is 5.82 Å². The molecule has 3 aromatic rings. The minimum atomic E-state index is -0.114. The van der Waals surface area contributed by atoms with E-state index >= 15 is 0 Å². The van der Waals surface area contributed by atoms with Crippen LogP contribution in [0.15, 0.2) is 42.7 Å². The average molecular weight is 476 g/mol. The summed E-state index contributed by atoms with van der Waals surface area (Å²) in [5.41, 5.74) is 5.79. The molecule has 2 aliphatic rings. The van der Waals surface area contributed by atoms with Crippen LogP contribution >= 0.6 is 9.24 Å². The van der Waals surface area contributed by atoms with E-state index in [2.05, 4.69) is 71.4 Å². The molecule has 4 heterocycles. The zero-order valence-electron chi connectivity index (χ0n) is 20.5. The molecule has 2 unspecified atom stereocenters. The lowest BCUT2D eigenvalue weighted by Crippen LogP contribution is -2.27. The fourth-order valence-electron chi connectivity index (χ4n) is 5.10. The number of pyridine rings is 1. The summed E-state index contributed by atoms with van der Waals surface area (Å²) in [7, 11) is 2.99. The SMILES string of the molecule is CC(C)n1cc2c(n1)[C@H](C)CCc1ccccc1-c1ccnc(N3CCC(C)(P)C3)c1NC2=O. The number of hydrogen-bond donors (Lipinski definition) is 1. The average Bonchev–Trinajstić information content (AvgIpc) is 3.41. The Morgan fingerprint density at radius 2 is 1.97 bits per heavy atom. The summed E-state index contributed by atoms with van der Waals surface area (Å²) in [5.74, 6) is 0.900. The maximum Gasteiger partial charge on any atom is 0.259 e. The van der Waals surface area contributed by atoms with Crippen LogP contribution in [-0.2, 0) is 6.42 Å². The quantitative estimate of drug-likeness (QED) is 0.485. The number of rotatable bonds is 2. The second-order valence-corrected chi connectivity index (χ2v) is 11.8. The largest absolute Gasteiger partial charge is 0.354 e. The summed E-state index contributed by atoms with van der Waals surface area (Å²) in [4.78, 5) is 20.9. The van der Waals surface area contributed by atoms with Crippen molar-refractivity contribution < 1.29 is 4.79 Å². The summed E-state index contributed by atoms with van der Waals surface area (Å²) >= 11 is 0. The van der Waals surface area contributed by atoms with E-state index in [0.29, 0.717) is 5.56 Å². The summed E-state index contributed by atoms with van der Waals surface area (Å²) in [5, 5.41) is 8.28. The molecule has 0 bridgehead atoms. The van der Waals surface area contributed by atoms with Gasteiger partial charge >= 0.3 is 0 Å². The van der Waals surface area contributed by atoms with Crippen molar-refractivity contribution in [3.63, 3.8) is 0 Å². The van der Waals surface area contributed by atoms with Crippen molar-refractivity contribution in [2.24, 2.45) is 0 Å². The lowest BCUT2D eigenvalue weighted by molar-refractivity contribution is 0.102. The Morgan fingerprint density at radius 1 is 1.18 bits per heavy atom. The van der Waals surface area contributed by atoms with Gasteiger partial charge in [-0.3, -0.25) is 9.48 Å². The maximum atomic E-state index is 13.8. The van der Waals surface area contributed by atoms with E-state index in [1.54, 1.807) is 0 Å². The van der Waals surface area contributed by atoms with E-state index < -0.39 is 0 Å². The lowest BCUT2D eigenvalue weighted by Gasteiger charge is -2.25. The molecule has 0 radical (unpaired) electrons. The van der Waals surface area contributed by atoms with Gasteiger partial charge in [0.1, 0.15) is 0 Å². The van der Waals surface area contributed by atoms with E-state index in [1.165, 1.54) is 5.56 Å². The first kappa shape index (κ1) is 23.0. The number of hydrogen-bond acceptors (Lipinski definition) is 4. The summed E-state index contributed by atoms with van der Waals surface area (Å²) in [6, 6.07) is 10.8. The van der Waals surface area contributed by atoms with Gasteiger partial charge in [0.25, 0.3) is 5.91 Å². The predicted octanol–water partition coefficient (Wildman–Crippen LogP) is 5.67. The molecule has 2 aromatic heterocycles. The van der Waals surface area contributed by atoms with Crippen LogP contribution in [0.2, 0.25) is 0 Å². The number of aromatic nitrogens is 3. The molecule has 1 saturated heterocycles. The van der Waals surface area contributed by atoms with E-state index in [4.69, 9.17) is 10.1 Å². The van der Waals surface area contributed by atoms with Crippen LogP contribution in [0.5, 0.6) is 0 Å². The van der Waals surface area contributed by atoms with E-state index in [-0.39, 0.29) is 23.0 Å². The molecular formula is C27H34N5OP. The van der Waals surface area contributed by atoms with E-state index in [9.17, 15) is 4.79 Å². The highest BCUT2D eigenvalue weighted by Gasteiger charge is 2.33. The second kappa shape index (κ2) is 8.81. The topological polar surface area (TPSA) is 63.1 Å². The van der Waals surface area contributed by atoms with Crippen LogP contribution in [0.3, 0.4) is 0 Å². The van der Waals surface area contributed by atoms with Gasteiger partial charge in [0.05, 0.1) is 16.9 Å². The molecule has 1 amide bonds. The number of fused-ring (bicyclic) bond motifs is 4. The zero-order chi connectivity index (χ0) is 24.0. The third-order valence-electron chi connectivity index (χ3n) is 7.13. The second-order valence-electron chi connectivity index (χ2n) is 10.4. The van der Waals surface area contributed by atoms with E-state index in [1.807, 2.05) is 23.1 Å². The molecule has 6 nitrogen and oxygen atoms in total. The molecule has 1 N–H and O–H groups in total. The van der Waals surface area contributed by atoms with Crippen molar-refractivity contribution in [2.45, 2.75) is 64.1 Å². The number of nitrogens with one attached hydrogen (secondary N) is 1. The standard InChI is InChI=1S/C27H34N5OP/c1-17(2)32-15-22-23(30-32)18(3)9-10-19-7-5-6-8-20(19)21-11-13-28-25(24(21)29-26(22)33)31-14-12-27(4,34)16-31/h5-8,11,13,15,17-18H,9-10,12,14,16,34H2,1-4H3,(H,29,33)/t18-,27?/m1/s1. The minimum Gasteiger partial charge on any atom is -0.354 e. The summed E-state index contributed by atoms with van der Waals surface area (Å²) in [6.45, 7) is 10.4. The first-order valence-corrected chi connectivity index (χ1v) is 12.8. The molecule has 1 fully saturated rings. The molecule has 7 heteroatoms. The minimum absolute atomic E-state index is 0.114. The van der Waals surface area contributed by atoms with Gasteiger partial charge in [-0.15, -0.1) is 9.24 Å². The van der Waals surface area contributed by atoms with Crippen molar-refractivity contribution in [1.29, 1.82) is 0 Å². The van der Waals surface area contributed by atoms with Crippen LogP contribution in [0, 0.1) is 0 Å². The number of benzene rings is 1. The first-order valence-electron chi connectivity index (χ1n) is 12.2. The Morgan fingerprint density at radius 3 is 2.71 bits per heavy atom. The van der Waals surface area contributed by atoms with Crippen LogP contribution in [0.1, 0.15) is 74.1 Å². The lowest BCUT2D eigenvalue weighted by atomic mass is 9.92. The van der Waals surface area contributed by atoms with Gasteiger partial charge < -0.3 is 10.2 Å². The van der Waals surface area contributed by atoms with Gasteiger partial charge in [-0.1, -0.05) is 38.1 Å². The van der Waals surface area contributed by atoms with Crippen LogP contribution in [-0.4, -0.2) is 38.9 Å². The van der Waals surface area contributed by atoms with Gasteiger partial charge in [-0.2, -0.15) is 5.10 Å². The van der Waals surface area contributed by atoms with Crippen LogP contribution < -0.4 is 10.2 Å². The molecule has 0 spiro atoms. The Labute approximate surface area is 204 Å². The van der Waals surface area contributed by atoms with Crippen LogP contribution in [0.25, 0.3) is 11.1 Å². The number of nitrogens with zero attached hydrogens (tertiary/aromatic N) is 4. The fourth-order valence-corrected chi connectivity index (χ4v) is 5.45. The summed E-state index contributed by atoms with van der Waals surface area (Å²) < 4.78 is 1.91. The third-order valence-corrected chi connectivity index (χ3v) is 7.60. The third kappa shape index (κ3) is 4.24. The fraction of sp³-hybridized carbons (Fsp3) is 0.444. The molecule has 2 aliphatic heterocycles. The Balaban J connectivity index is 1.69. The zero-order valence-corrected chi connectivity index (χ0v) is 21.7. The molecule has 178 valence electrons. The Bertz CT molecular complexity index is 1230. The van der Waals surface area contributed by atoms with Crippen molar-refractivity contribution >= 4 is 26.7 Å². The Kier molecular flexibility index (Phi) is 5.97. The molecule has 34 heavy (non-hydrogen) atoms. The molecule has 1 aromatic carbocycles. The van der Waals surface area contributed by atoms with E-state index in [0.717, 1.165) is 60.7 Å². The van der Waals surface area contributed by atoms with Gasteiger partial charge in [0.2, 0.25) is 0 Å².